The second-order valence-electron chi connectivity index (χ2n) is 17.3. The van der Waals surface area contributed by atoms with Crippen LogP contribution in [0.1, 0.15) is 168 Å². The van der Waals surface area contributed by atoms with Crippen LogP contribution in [0.3, 0.4) is 0 Å². The van der Waals surface area contributed by atoms with Gasteiger partial charge in [-0.2, -0.15) is 0 Å². The van der Waals surface area contributed by atoms with Crippen LogP contribution in [-0.2, 0) is 38.0 Å². The molecule has 0 bridgehead atoms. The van der Waals surface area contributed by atoms with Crippen molar-refractivity contribution in [3.63, 3.8) is 0 Å². The molecule has 2 rings (SSSR count). The Labute approximate surface area is 383 Å². The highest BCUT2D eigenvalue weighted by Gasteiger charge is 2.47. The minimum atomic E-state index is -1.77. The number of esters is 2. The molecular formula is C49H86O15. The number of aliphatic hydroxyl groups excluding tert-OH is 7. The van der Waals surface area contributed by atoms with Gasteiger partial charge in [0.2, 0.25) is 0 Å². The average molecular weight is 915 g/mol. The van der Waals surface area contributed by atoms with Crippen LogP contribution >= 0.6 is 0 Å². The van der Waals surface area contributed by atoms with Crippen molar-refractivity contribution in [2.75, 3.05) is 26.4 Å². The lowest BCUT2D eigenvalue weighted by molar-refractivity contribution is -0.332. The fraction of sp³-hybridized carbons (Fsp3) is 0.837. The molecule has 0 aromatic carbocycles. The van der Waals surface area contributed by atoms with Crippen LogP contribution in [-0.4, -0.2) is 142 Å². The van der Waals surface area contributed by atoms with Gasteiger partial charge in [0.05, 0.1) is 19.8 Å². The fourth-order valence-electron chi connectivity index (χ4n) is 7.46. The van der Waals surface area contributed by atoms with Gasteiger partial charge in [0, 0.05) is 12.8 Å². The van der Waals surface area contributed by atoms with Crippen molar-refractivity contribution in [3.05, 3.63) is 36.5 Å². The highest BCUT2D eigenvalue weighted by Crippen LogP contribution is 2.26. The van der Waals surface area contributed by atoms with Gasteiger partial charge in [0.25, 0.3) is 0 Å². The Morgan fingerprint density at radius 1 is 0.500 bits per heavy atom. The maximum Gasteiger partial charge on any atom is 0.306 e. The number of carbonyl (C=O) groups excluding carboxylic acids is 2. The molecule has 0 amide bonds. The van der Waals surface area contributed by atoms with Crippen molar-refractivity contribution < 1.29 is 73.8 Å². The highest BCUT2D eigenvalue weighted by atomic mass is 16.7. The summed E-state index contributed by atoms with van der Waals surface area (Å²) in [6.45, 7) is 2.50. The summed E-state index contributed by atoms with van der Waals surface area (Å²) in [6.07, 6.45) is 20.3. The zero-order chi connectivity index (χ0) is 46.8. The van der Waals surface area contributed by atoms with Crippen molar-refractivity contribution in [2.24, 2.45) is 0 Å². The predicted octanol–water partition coefficient (Wildman–Crippen LogP) is 6.15. The third-order valence-corrected chi connectivity index (χ3v) is 11.6. The standard InChI is InChI=1S/C49H86O15/c1-3-5-7-9-11-13-15-17-19-21-23-25-27-29-31-40(51)59-34-37(62-41(52)32-30-28-26-24-22-20-18-16-14-12-10-8-6-4-2)35-60-48-47(58)45(56)43(54)39(64-48)36-61-49-46(57)44(55)42(53)38(33-50)63-49/h10,12,15-18,37-39,42-50,53-58H,3-9,11,13-14,19-36H2,1-2H3/b12-10-,17-15-,18-16-. The normalized spacial score (nSPS) is 26.9. The topological polar surface area (TPSA) is 231 Å². The number of unbranched alkanes of at least 4 members (excludes halogenated alkanes) is 17. The number of aliphatic hydroxyl groups is 7. The number of hydrogen-bond donors (Lipinski definition) is 7. The van der Waals surface area contributed by atoms with E-state index in [9.17, 15) is 45.3 Å². The average Bonchev–Trinajstić information content (AvgIpc) is 3.29. The summed E-state index contributed by atoms with van der Waals surface area (Å²) in [5, 5.41) is 72.0. The van der Waals surface area contributed by atoms with Crippen molar-refractivity contribution in [1.82, 2.24) is 0 Å². The Morgan fingerprint density at radius 3 is 1.52 bits per heavy atom. The first-order valence-electron chi connectivity index (χ1n) is 24.6. The predicted molar refractivity (Wildman–Crippen MR) is 243 cm³/mol. The maximum atomic E-state index is 13.0. The number of hydrogen-bond acceptors (Lipinski definition) is 15. The van der Waals surface area contributed by atoms with E-state index in [1.165, 1.54) is 44.9 Å². The number of rotatable bonds is 37. The number of ether oxygens (including phenoxy) is 6. The summed E-state index contributed by atoms with van der Waals surface area (Å²) >= 11 is 0. The van der Waals surface area contributed by atoms with Gasteiger partial charge < -0.3 is 64.2 Å². The zero-order valence-electron chi connectivity index (χ0n) is 39.0. The van der Waals surface area contributed by atoms with E-state index in [0.717, 1.165) is 83.5 Å². The highest BCUT2D eigenvalue weighted by molar-refractivity contribution is 5.70. The van der Waals surface area contributed by atoms with E-state index in [1.54, 1.807) is 0 Å². The molecule has 15 heteroatoms. The summed E-state index contributed by atoms with van der Waals surface area (Å²) < 4.78 is 33.5. The minimum Gasteiger partial charge on any atom is -0.462 e. The molecule has 0 aromatic rings. The summed E-state index contributed by atoms with van der Waals surface area (Å²) in [5.41, 5.74) is 0. The van der Waals surface area contributed by atoms with Crippen LogP contribution < -0.4 is 0 Å². The third-order valence-electron chi connectivity index (χ3n) is 11.6. The number of carbonyl (C=O) groups is 2. The van der Waals surface area contributed by atoms with Crippen LogP contribution in [0, 0.1) is 0 Å². The summed E-state index contributed by atoms with van der Waals surface area (Å²) in [4.78, 5) is 25.7. The molecule has 0 radical (unpaired) electrons. The third kappa shape index (κ3) is 25.0. The van der Waals surface area contributed by atoms with Crippen LogP contribution in [0.4, 0.5) is 0 Å². The molecule has 7 N–H and O–H groups in total. The van der Waals surface area contributed by atoms with Crippen LogP contribution in [0.2, 0.25) is 0 Å². The van der Waals surface area contributed by atoms with E-state index in [0.29, 0.717) is 12.8 Å². The monoisotopic (exact) mass is 915 g/mol. The molecule has 15 nitrogen and oxygen atoms in total. The van der Waals surface area contributed by atoms with Gasteiger partial charge in [0.15, 0.2) is 18.7 Å². The van der Waals surface area contributed by atoms with Crippen LogP contribution in [0.15, 0.2) is 36.5 Å². The smallest absolute Gasteiger partial charge is 0.306 e. The lowest BCUT2D eigenvalue weighted by Crippen LogP contribution is -2.61. The molecule has 372 valence electrons. The summed E-state index contributed by atoms with van der Waals surface area (Å²) in [5.74, 6) is -0.952. The lowest BCUT2D eigenvalue weighted by Gasteiger charge is -2.42. The zero-order valence-corrected chi connectivity index (χ0v) is 39.0. The molecule has 0 aliphatic carbocycles. The molecule has 0 spiro atoms. The van der Waals surface area contributed by atoms with Crippen molar-refractivity contribution >= 4 is 11.9 Å². The van der Waals surface area contributed by atoms with E-state index in [4.69, 9.17) is 28.4 Å². The number of allylic oxidation sites excluding steroid dienone is 6. The van der Waals surface area contributed by atoms with Crippen LogP contribution in [0.25, 0.3) is 0 Å². The molecule has 0 saturated carbocycles. The molecule has 2 aliphatic heterocycles. The first-order chi connectivity index (χ1) is 31.0. The Morgan fingerprint density at radius 2 is 0.953 bits per heavy atom. The van der Waals surface area contributed by atoms with Gasteiger partial charge in [-0.1, -0.05) is 127 Å². The molecule has 11 unspecified atom stereocenters. The second-order valence-corrected chi connectivity index (χ2v) is 17.3. The fourth-order valence-corrected chi connectivity index (χ4v) is 7.46. The van der Waals surface area contributed by atoms with E-state index in [2.05, 4.69) is 50.3 Å². The maximum absolute atomic E-state index is 13.0. The van der Waals surface area contributed by atoms with Crippen molar-refractivity contribution in [2.45, 2.75) is 235 Å². The largest absolute Gasteiger partial charge is 0.462 e. The lowest BCUT2D eigenvalue weighted by atomic mass is 9.98. The van der Waals surface area contributed by atoms with Gasteiger partial charge in [-0.05, 0) is 64.2 Å². The molecule has 2 heterocycles. The first-order valence-corrected chi connectivity index (χ1v) is 24.6. The Balaban J connectivity index is 1.84. The van der Waals surface area contributed by atoms with Gasteiger partial charge in [-0.3, -0.25) is 9.59 Å². The molecule has 2 aliphatic rings. The SMILES string of the molecule is CCCC/C=C\C/C=C\CCCCCCCC(=O)OC(COC(=O)CCCCCCC/C=C\CCCCCCC)COC1OC(COC2OC(CO)C(O)C(O)C2O)C(O)C(O)C1O. The van der Waals surface area contributed by atoms with Gasteiger partial charge in [-0.25, -0.2) is 0 Å². The molecule has 11 atom stereocenters. The van der Waals surface area contributed by atoms with E-state index in [1.807, 2.05) is 0 Å². The molecular weight excluding hydrogens is 829 g/mol. The Bertz CT molecular complexity index is 1260. The quantitative estimate of drug-likeness (QED) is 0.0211. The molecule has 0 aromatic heterocycles. The molecule has 64 heavy (non-hydrogen) atoms. The van der Waals surface area contributed by atoms with Gasteiger partial charge in [0.1, 0.15) is 55.4 Å². The Kier molecular flexibility index (Phi) is 33.3. The second kappa shape index (κ2) is 36.8. The Hall–Kier alpha value is -2.28. The molecule has 2 fully saturated rings. The molecule has 2 saturated heterocycles. The van der Waals surface area contributed by atoms with Gasteiger partial charge in [-0.15, -0.1) is 0 Å². The van der Waals surface area contributed by atoms with E-state index < -0.39 is 92.7 Å². The van der Waals surface area contributed by atoms with Crippen LogP contribution in [0.5, 0.6) is 0 Å². The summed E-state index contributed by atoms with van der Waals surface area (Å²) in [7, 11) is 0. The van der Waals surface area contributed by atoms with Crippen molar-refractivity contribution in [1.29, 1.82) is 0 Å². The van der Waals surface area contributed by atoms with E-state index >= 15 is 0 Å². The van der Waals surface area contributed by atoms with Crippen molar-refractivity contribution in [3.8, 4) is 0 Å². The minimum absolute atomic E-state index is 0.147. The first kappa shape index (κ1) is 57.8. The van der Waals surface area contributed by atoms with Gasteiger partial charge >= 0.3 is 11.9 Å². The van der Waals surface area contributed by atoms with E-state index in [-0.39, 0.29) is 26.1 Å². The summed E-state index contributed by atoms with van der Waals surface area (Å²) in [6, 6.07) is 0.